The highest BCUT2D eigenvalue weighted by atomic mass is 35.5. The number of morpholine rings is 1. The van der Waals surface area contributed by atoms with Crippen LogP contribution in [0.2, 0.25) is 0 Å². The molecule has 1 atom stereocenters. The molecule has 114 valence electrons. The number of aromatic nitrogens is 2. The molecule has 0 amide bonds. The molecular formula is C12H20ClN3O3S. The Bertz CT molecular complexity index is 558. The van der Waals surface area contributed by atoms with Gasteiger partial charge in [0.05, 0.1) is 12.7 Å². The molecule has 1 aliphatic heterocycles. The molecule has 0 aromatic carbocycles. The van der Waals surface area contributed by atoms with Gasteiger partial charge in [-0.25, -0.2) is 13.4 Å². The summed E-state index contributed by atoms with van der Waals surface area (Å²) in [5.74, 6) is 1.00. The van der Waals surface area contributed by atoms with E-state index in [2.05, 4.69) is 4.98 Å². The molecule has 1 unspecified atom stereocenters. The first kappa shape index (κ1) is 15.8. The minimum absolute atomic E-state index is 0.110. The number of alkyl halides is 1. The summed E-state index contributed by atoms with van der Waals surface area (Å²) in [4.78, 5) is 4.19. The largest absolute Gasteiger partial charge is 0.374 e. The molecule has 8 heteroatoms. The topological polar surface area (TPSA) is 64.4 Å². The van der Waals surface area contributed by atoms with Crippen molar-refractivity contribution in [2.24, 2.45) is 0 Å². The molecule has 20 heavy (non-hydrogen) atoms. The summed E-state index contributed by atoms with van der Waals surface area (Å²) in [6.45, 7) is 5.62. The van der Waals surface area contributed by atoms with Gasteiger partial charge in [0.1, 0.15) is 5.82 Å². The summed E-state index contributed by atoms with van der Waals surface area (Å²) in [6, 6.07) is 0. The lowest BCUT2D eigenvalue weighted by atomic mass is 10.3. The Kier molecular flexibility index (Phi) is 5.06. The van der Waals surface area contributed by atoms with Gasteiger partial charge in [0.2, 0.25) is 0 Å². The number of nitrogens with zero attached hydrogens (tertiary/aromatic N) is 3. The average molecular weight is 322 g/mol. The number of ether oxygens (including phenoxy) is 1. The Morgan fingerprint density at radius 3 is 2.95 bits per heavy atom. The number of imidazole rings is 1. The summed E-state index contributed by atoms with van der Waals surface area (Å²) < 4.78 is 33.8. The van der Waals surface area contributed by atoms with Crippen LogP contribution >= 0.6 is 11.6 Å². The van der Waals surface area contributed by atoms with E-state index in [1.807, 2.05) is 18.4 Å². The molecule has 0 bridgehead atoms. The minimum Gasteiger partial charge on any atom is -0.374 e. The van der Waals surface area contributed by atoms with Gasteiger partial charge < -0.3 is 9.30 Å². The van der Waals surface area contributed by atoms with Crippen molar-refractivity contribution >= 4 is 21.6 Å². The molecule has 1 aromatic heterocycles. The standard InChI is InChI=1S/C12H20ClN3O3S/c1-3-4-15-9-12(14-10(15)2)20(17,18)16-5-6-19-11(7-13)8-16/h9,11H,3-8H2,1-2H3. The Balaban J connectivity index is 2.23. The Morgan fingerprint density at radius 1 is 1.55 bits per heavy atom. The van der Waals surface area contributed by atoms with Crippen LogP contribution in [-0.2, 0) is 21.3 Å². The van der Waals surface area contributed by atoms with Crippen LogP contribution in [0.25, 0.3) is 0 Å². The van der Waals surface area contributed by atoms with Gasteiger partial charge in [0, 0.05) is 31.7 Å². The second kappa shape index (κ2) is 6.43. The van der Waals surface area contributed by atoms with E-state index >= 15 is 0 Å². The third-order valence-electron chi connectivity index (χ3n) is 3.30. The van der Waals surface area contributed by atoms with Crippen molar-refractivity contribution in [3.8, 4) is 0 Å². The second-order valence-corrected chi connectivity index (χ2v) is 7.02. The van der Waals surface area contributed by atoms with Gasteiger partial charge in [-0.3, -0.25) is 0 Å². The normalized spacial score (nSPS) is 21.2. The zero-order valence-corrected chi connectivity index (χ0v) is 13.3. The Labute approximate surface area is 124 Å². The fourth-order valence-corrected chi connectivity index (χ4v) is 3.84. The first-order chi connectivity index (χ1) is 9.48. The molecule has 0 radical (unpaired) electrons. The highest BCUT2D eigenvalue weighted by molar-refractivity contribution is 7.89. The van der Waals surface area contributed by atoms with Crippen LogP contribution in [0.3, 0.4) is 0 Å². The van der Waals surface area contributed by atoms with Crippen molar-refractivity contribution < 1.29 is 13.2 Å². The van der Waals surface area contributed by atoms with Crippen LogP contribution in [-0.4, -0.2) is 54.0 Å². The van der Waals surface area contributed by atoms with E-state index in [0.717, 1.165) is 13.0 Å². The molecule has 0 saturated carbocycles. The van der Waals surface area contributed by atoms with E-state index in [-0.39, 0.29) is 23.6 Å². The predicted octanol–water partition coefficient (Wildman–Crippen LogP) is 1.23. The van der Waals surface area contributed by atoms with Crippen LogP contribution in [0, 0.1) is 6.92 Å². The average Bonchev–Trinajstić information content (AvgIpc) is 2.81. The van der Waals surface area contributed by atoms with E-state index in [0.29, 0.717) is 19.0 Å². The van der Waals surface area contributed by atoms with Gasteiger partial charge in [-0.1, -0.05) is 6.92 Å². The lowest BCUT2D eigenvalue weighted by Gasteiger charge is -2.30. The third kappa shape index (κ3) is 3.16. The van der Waals surface area contributed by atoms with Crippen LogP contribution in [0.1, 0.15) is 19.2 Å². The SMILES string of the molecule is CCCn1cc(S(=O)(=O)N2CCOC(CCl)C2)nc1C. The highest BCUT2D eigenvalue weighted by Gasteiger charge is 2.32. The molecule has 1 saturated heterocycles. The molecule has 0 spiro atoms. The fourth-order valence-electron chi connectivity index (χ4n) is 2.21. The van der Waals surface area contributed by atoms with Crippen LogP contribution < -0.4 is 0 Å². The fraction of sp³-hybridized carbons (Fsp3) is 0.750. The number of hydrogen-bond acceptors (Lipinski definition) is 4. The van der Waals surface area contributed by atoms with Crippen LogP contribution in [0.5, 0.6) is 0 Å². The van der Waals surface area contributed by atoms with Crippen molar-refractivity contribution in [1.29, 1.82) is 0 Å². The maximum Gasteiger partial charge on any atom is 0.262 e. The highest BCUT2D eigenvalue weighted by Crippen LogP contribution is 2.19. The predicted molar refractivity (Wildman–Crippen MR) is 76.5 cm³/mol. The van der Waals surface area contributed by atoms with Crippen molar-refractivity contribution in [1.82, 2.24) is 13.9 Å². The van der Waals surface area contributed by atoms with E-state index in [4.69, 9.17) is 16.3 Å². The van der Waals surface area contributed by atoms with Gasteiger partial charge in [-0.05, 0) is 13.3 Å². The number of halogens is 1. The smallest absolute Gasteiger partial charge is 0.262 e. The molecule has 1 aromatic rings. The zero-order valence-electron chi connectivity index (χ0n) is 11.7. The number of sulfonamides is 1. The Morgan fingerprint density at radius 2 is 2.30 bits per heavy atom. The van der Waals surface area contributed by atoms with Crippen molar-refractivity contribution in [3.63, 3.8) is 0 Å². The minimum atomic E-state index is -3.56. The molecular weight excluding hydrogens is 302 g/mol. The summed E-state index contributed by atoms with van der Waals surface area (Å²) in [6.07, 6.45) is 2.29. The molecule has 0 aliphatic carbocycles. The molecule has 0 N–H and O–H groups in total. The number of rotatable bonds is 5. The Hall–Kier alpha value is -0.630. The molecule has 2 rings (SSSR count). The second-order valence-electron chi connectivity index (χ2n) is 4.83. The lowest BCUT2D eigenvalue weighted by molar-refractivity contribution is 0.0121. The van der Waals surface area contributed by atoms with E-state index in [1.165, 1.54) is 4.31 Å². The van der Waals surface area contributed by atoms with E-state index in [1.54, 1.807) is 6.20 Å². The third-order valence-corrected chi connectivity index (χ3v) is 5.38. The van der Waals surface area contributed by atoms with Crippen molar-refractivity contribution in [2.75, 3.05) is 25.6 Å². The molecule has 1 fully saturated rings. The summed E-state index contributed by atoms with van der Waals surface area (Å²) in [5, 5.41) is 0.110. The molecule has 6 nitrogen and oxygen atoms in total. The van der Waals surface area contributed by atoms with E-state index < -0.39 is 10.0 Å². The summed E-state index contributed by atoms with van der Waals surface area (Å²) in [7, 11) is -3.56. The van der Waals surface area contributed by atoms with Gasteiger partial charge >= 0.3 is 0 Å². The number of aryl methyl sites for hydroxylation is 2. The monoisotopic (exact) mass is 321 g/mol. The summed E-state index contributed by atoms with van der Waals surface area (Å²) >= 11 is 5.75. The first-order valence-electron chi connectivity index (χ1n) is 6.70. The van der Waals surface area contributed by atoms with Gasteiger partial charge in [-0.2, -0.15) is 4.31 Å². The number of hydrogen-bond donors (Lipinski definition) is 0. The zero-order chi connectivity index (χ0) is 14.8. The van der Waals surface area contributed by atoms with Gasteiger partial charge in [-0.15, -0.1) is 11.6 Å². The quantitative estimate of drug-likeness (QED) is 0.765. The van der Waals surface area contributed by atoms with Crippen LogP contribution in [0.15, 0.2) is 11.2 Å². The van der Waals surface area contributed by atoms with Crippen molar-refractivity contribution in [2.45, 2.75) is 37.9 Å². The van der Waals surface area contributed by atoms with E-state index in [9.17, 15) is 8.42 Å². The first-order valence-corrected chi connectivity index (χ1v) is 8.68. The summed E-state index contributed by atoms with van der Waals surface area (Å²) in [5.41, 5.74) is 0. The van der Waals surface area contributed by atoms with Crippen LogP contribution in [0.4, 0.5) is 0 Å². The van der Waals surface area contributed by atoms with Gasteiger partial charge in [0.15, 0.2) is 5.03 Å². The molecule has 2 heterocycles. The molecule has 1 aliphatic rings. The van der Waals surface area contributed by atoms with Gasteiger partial charge in [0.25, 0.3) is 10.0 Å². The maximum atomic E-state index is 12.6. The lowest BCUT2D eigenvalue weighted by Crippen LogP contribution is -2.46. The maximum absolute atomic E-state index is 12.6. The van der Waals surface area contributed by atoms with Crippen molar-refractivity contribution in [3.05, 3.63) is 12.0 Å².